The first kappa shape index (κ1) is 13.6. The molecule has 96 valence electrons. The second kappa shape index (κ2) is 5.91. The summed E-state index contributed by atoms with van der Waals surface area (Å²) in [6.07, 6.45) is 1.89. The number of nitrogens with zero attached hydrogens (tertiary/aromatic N) is 3. The summed E-state index contributed by atoms with van der Waals surface area (Å²) in [6, 6.07) is 9.01. The number of benzene rings is 1. The number of hydrogen-bond donors (Lipinski definition) is 2. The van der Waals surface area contributed by atoms with Crippen LogP contribution in [0.5, 0.6) is 0 Å². The fourth-order valence-electron chi connectivity index (χ4n) is 1.42. The number of nitrogens with two attached hydrogens (primary N) is 1. The molecule has 5 nitrogen and oxygen atoms in total. The Balaban J connectivity index is 2.31. The molecule has 7 heteroatoms. The largest absolute Gasteiger partial charge is 0.383 e. The first-order valence-corrected chi connectivity index (χ1v) is 7.29. The Labute approximate surface area is 123 Å². The van der Waals surface area contributed by atoms with Crippen molar-refractivity contribution in [3.05, 3.63) is 34.3 Å². The highest BCUT2D eigenvalue weighted by molar-refractivity contribution is 9.10. The fourth-order valence-corrected chi connectivity index (χ4v) is 2.29. The molecule has 0 aliphatic carbocycles. The summed E-state index contributed by atoms with van der Waals surface area (Å²) < 4.78 is 0.787. The Bertz CT molecular complexity index is 653. The van der Waals surface area contributed by atoms with Crippen molar-refractivity contribution in [2.75, 3.05) is 17.3 Å². The van der Waals surface area contributed by atoms with Crippen molar-refractivity contribution in [2.24, 2.45) is 0 Å². The van der Waals surface area contributed by atoms with Gasteiger partial charge in [0.1, 0.15) is 11.6 Å². The lowest BCUT2D eigenvalue weighted by atomic mass is 10.2. The monoisotopic (exact) mass is 335 g/mol. The fraction of sp³-hybridized carbons (Fsp3) is 0.0833. The summed E-state index contributed by atoms with van der Waals surface area (Å²) >= 11 is 4.83. The van der Waals surface area contributed by atoms with Gasteiger partial charge in [0.15, 0.2) is 5.16 Å². The predicted octanol–water partition coefficient (Wildman–Crippen LogP) is 3.16. The SMILES string of the molecule is CSc1nc(N)cc(Nc2ccc(C#N)cc2Br)n1. The average Bonchev–Trinajstić information content (AvgIpc) is 2.40. The van der Waals surface area contributed by atoms with Crippen LogP contribution >= 0.6 is 27.7 Å². The highest BCUT2D eigenvalue weighted by Gasteiger charge is 2.05. The molecule has 0 aliphatic rings. The van der Waals surface area contributed by atoms with Crippen molar-refractivity contribution in [2.45, 2.75) is 5.16 Å². The van der Waals surface area contributed by atoms with E-state index in [2.05, 4.69) is 37.3 Å². The van der Waals surface area contributed by atoms with Crippen molar-refractivity contribution in [1.82, 2.24) is 9.97 Å². The maximum atomic E-state index is 8.82. The van der Waals surface area contributed by atoms with Gasteiger partial charge in [0, 0.05) is 10.5 Å². The van der Waals surface area contributed by atoms with E-state index in [1.807, 2.05) is 6.26 Å². The van der Waals surface area contributed by atoms with Gasteiger partial charge < -0.3 is 11.1 Å². The number of hydrogen-bond acceptors (Lipinski definition) is 6. The third kappa shape index (κ3) is 3.36. The lowest BCUT2D eigenvalue weighted by Gasteiger charge is -2.09. The van der Waals surface area contributed by atoms with Gasteiger partial charge in [-0.25, -0.2) is 9.97 Å². The maximum absolute atomic E-state index is 8.82. The first-order valence-electron chi connectivity index (χ1n) is 5.27. The number of rotatable bonds is 3. The topological polar surface area (TPSA) is 87.6 Å². The number of thioether (sulfide) groups is 1. The van der Waals surface area contributed by atoms with Gasteiger partial charge in [-0.3, -0.25) is 0 Å². The molecule has 0 amide bonds. The van der Waals surface area contributed by atoms with Crippen LogP contribution in [0.25, 0.3) is 0 Å². The van der Waals surface area contributed by atoms with E-state index in [4.69, 9.17) is 11.0 Å². The van der Waals surface area contributed by atoms with Crippen LogP contribution in [-0.2, 0) is 0 Å². The molecule has 3 N–H and O–H groups in total. The van der Waals surface area contributed by atoms with E-state index in [1.54, 1.807) is 24.3 Å². The molecule has 0 aliphatic heterocycles. The third-order valence-electron chi connectivity index (χ3n) is 2.27. The van der Waals surface area contributed by atoms with Crippen LogP contribution in [0.15, 0.2) is 33.9 Å². The van der Waals surface area contributed by atoms with Crippen molar-refractivity contribution in [3.8, 4) is 6.07 Å². The summed E-state index contributed by atoms with van der Waals surface area (Å²) in [7, 11) is 0. The number of nitrogens with one attached hydrogen (secondary N) is 1. The van der Waals surface area contributed by atoms with Gasteiger partial charge in [0.2, 0.25) is 0 Å². The van der Waals surface area contributed by atoms with Crippen molar-refractivity contribution < 1.29 is 0 Å². The molecule has 0 unspecified atom stereocenters. The van der Waals surface area contributed by atoms with Gasteiger partial charge in [0.05, 0.1) is 17.3 Å². The molecule has 1 aromatic heterocycles. The van der Waals surface area contributed by atoms with Crippen LogP contribution in [0.2, 0.25) is 0 Å². The summed E-state index contributed by atoms with van der Waals surface area (Å²) in [5.41, 5.74) is 7.11. The molecule has 0 bridgehead atoms. The maximum Gasteiger partial charge on any atom is 0.191 e. The minimum Gasteiger partial charge on any atom is -0.383 e. The van der Waals surface area contributed by atoms with Gasteiger partial charge in [-0.15, -0.1) is 0 Å². The summed E-state index contributed by atoms with van der Waals surface area (Å²) in [5, 5.41) is 12.6. The zero-order valence-corrected chi connectivity index (χ0v) is 12.4. The van der Waals surface area contributed by atoms with E-state index in [1.165, 1.54) is 11.8 Å². The second-order valence-electron chi connectivity index (χ2n) is 3.60. The molecule has 1 heterocycles. The quantitative estimate of drug-likeness (QED) is 0.661. The van der Waals surface area contributed by atoms with Gasteiger partial charge in [-0.05, 0) is 40.4 Å². The lowest BCUT2D eigenvalue weighted by molar-refractivity contribution is 0.984. The van der Waals surface area contributed by atoms with Gasteiger partial charge >= 0.3 is 0 Å². The molecule has 0 spiro atoms. The molecule has 2 aromatic rings. The second-order valence-corrected chi connectivity index (χ2v) is 5.22. The zero-order chi connectivity index (χ0) is 13.8. The average molecular weight is 336 g/mol. The highest BCUT2D eigenvalue weighted by atomic mass is 79.9. The molecule has 0 saturated heterocycles. The smallest absolute Gasteiger partial charge is 0.191 e. The minimum absolute atomic E-state index is 0.409. The van der Waals surface area contributed by atoms with Crippen molar-refractivity contribution in [1.29, 1.82) is 5.26 Å². The molecular formula is C12H10BrN5S. The molecule has 2 rings (SSSR count). The minimum atomic E-state index is 0.409. The molecule has 0 radical (unpaired) electrons. The number of aromatic nitrogens is 2. The third-order valence-corrected chi connectivity index (χ3v) is 3.47. The van der Waals surface area contributed by atoms with Crippen LogP contribution in [-0.4, -0.2) is 16.2 Å². The normalized spacial score (nSPS) is 9.95. The Morgan fingerprint density at radius 2 is 2.16 bits per heavy atom. The molecular weight excluding hydrogens is 326 g/mol. The Hall–Kier alpha value is -1.78. The molecule has 0 atom stereocenters. The summed E-state index contributed by atoms with van der Waals surface area (Å²) in [6.45, 7) is 0. The van der Waals surface area contributed by atoms with E-state index in [0.717, 1.165) is 10.2 Å². The summed E-state index contributed by atoms with van der Waals surface area (Å²) in [5.74, 6) is 1.02. The lowest BCUT2D eigenvalue weighted by Crippen LogP contribution is -2.00. The van der Waals surface area contributed by atoms with E-state index in [-0.39, 0.29) is 0 Å². The predicted molar refractivity (Wildman–Crippen MR) is 80.4 cm³/mol. The van der Waals surface area contributed by atoms with Crippen LogP contribution < -0.4 is 11.1 Å². The zero-order valence-electron chi connectivity index (χ0n) is 10.0. The van der Waals surface area contributed by atoms with Crippen LogP contribution in [0.3, 0.4) is 0 Å². The van der Waals surface area contributed by atoms with Crippen molar-refractivity contribution in [3.63, 3.8) is 0 Å². The van der Waals surface area contributed by atoms with Gasteiger partial charge in [-0.1, -0.05) is 11.8 Å². The van der Waals surface area contributed by atoms with Gasteiger partial charge in [0.25, 0.3) is 0 Å². The molecule has 0 saturated carbocycles. The molecule has 19 heavy (non-hydrogen) atoms. The van der Waals surface area contributed by atoms with E-state index in [0.29, 0.717) is 22.4 Å². The van der Waals surface area contributed by atoms with E-state index in [9.17, 15) is 0 Å². The van der Waals surface area contributed by atoms with Crippen LogP contribution in [0, 0.1) is 11.3 Å². The molecule has 0 fully saturated rings. The van der Waals surface area contributed by atoms with Gasteiger partial charge in [-0.2, -0.15) is 5.26 Å². The Morgan fingerprint density at radius 1 is 1.37 bits per heavy atom. The Kier molecular flexibility index (Phi) is 4.24. The standard InChI is InChI=1S/C12H10BrN5S/c1-19-12-17-10(15)5-11(18-12)16-9-3-2-7(6-14)4-8(9)13/h2-5H,1H3,(H3,15,16,17,18). The number of anilines is 3. The Morgan fingerprint density at radius 3 is 2.79 bits per heavy atom. The number of halogens is 1. The first-order chi connectivity index (χ1) is 9.12. The van der Waals surface area contributed by atoms with Crippen molar-refractivity contribution >= 4 is 45.0 Å². The summed E-state index contributed by atoms with van der Waals surface area (Å²) in [4.78, 5) is 8.38. The van der Waals surface area contributed by atoms with Crippen LogP contribution in [0.1, 0.15) is 5.56 Å². The van der Waals surface area contributed by atoms with Crippen LogP contribution in [0.4, 0.5) is 17.3 Å². The highest BCUT2D eigenvalue weighted by Crippen LogP contribution is 2.27. The number of nitrogen functional groups attached to an aromatic ring is 1. The van der Waals surface area contributed by atoms with E-state index < -0.39 is 0 Å². The van der Waals surface area contributed by atoms with E-state index >= 15 is 0 Å². The number of nitriles is 1. The molecule has 1 aromatic carbocycles.